The van der Waals surface area contributed by atoms with E-state index in [1.165, 1.54) is 16.8 Å². The van der Waals surface area contributed by atoms with Crippen molar-refractivity contribution in [2.45, 2.75) is 45.7 Å². The molecule has 0 radical (unpaired) electrons. The largest absolute Gasteiger partial charge is 0.335 e. The second-order valence-corrected chi connectivity index (χ2v) is 6.21. The molecule has 1 fully saturated rings. The van der Waals surface area contributed by atoms with Gasteiger partial charge >= 0.3 is 0 Å². The van der Waals surface area contributed by atoms with Crippen molar-refractivity contribution in [1.82, 2.24) is 24.2 Å². The summed E-state index contributed by atoms with van der Waals surface area (Å²) in [6.45, 7) is 5.84. The highest BCUT2D eigenvalue weighted by Gasteiger charge is 2.27. The number of aromatic nitrogens is 4. The van der Waals surface area contributed by atoms with E-state index in [1.807, 2.05) is 24.9 Å². The Morgan fingerprint density at radius 1 is 1.38 bits per heavy atom. The molecule has 0 unspecified atom stereocenters. The van der Waals surface area contributed by atoms with Crippen LogP contribution in [-0.4, -0.2) is 43.2 Å². The van der Waals surface area contributed by atoms with E-state index in [9.17, 15) is 9.59 Å². The Hall–Kier alpha value is -2.44. The normalized spacial score (nSPS) is 17.9. The van der Waals surface area contributed by atoms with Crippen molar-refractivity contribution in [3.05, 3.63) is 46.4 Å². The van der Waals surface area contributed by atoms with Gasteiger partial charge in [-0.3, -0.25) is 9.59 Å². The molecule has 3 rings (SSSR count). The van der Waals surface area contributed by atoms with Gasteiger partial charge in [-0.25, -0.2) is 9.67 Å². The summed E-state index contributed by atoms with van der Waals surface area (Å²) < 4.78 is 3.50. The first-order chi connectivity index (χ1) is 11.6. The molecule has 1 saturated heterocycles. The van der Waals surface area contributed by atoms with Crippen LogP contribution in [0.3, 0.4) is 0 Å². The molecule has 7 heteroatoms. The summed E-state index contributed by atoms with van der Waals surface area (Å²) in [5.74, 6) is 0.853. The SMILES string of the molecule is CCCn1nc(C(=O)N2CCC[C@H](n3ccnc3C)C2)ccc1=O. The Bertz CT molecular complexity index is 779. The van der Waals surface area contributed by atoms with Crippen LogP contribution in [0.25, 0.3) is 0 Å². The molecule has 1 amide bonds. The maximum absolute atomic E-state index is 12.8. The van der Waals surface area contributed by atoms with Crippen molar-refractivity contribution < 1.29 is 4.79 Å². The molecule has 7 nitrogen and oxygen atoms in total. The van der Waals surface area contributed by atoms with E-state index in [-0.39, 0.29) is 17.5 Å². The van der Waals surface area contributed by atoms with Crippen LogP contribution >= 0.6 is 0 Å². The lowest BCUT2D eigenvalue weighted by molar-refractivity contribution is 0.0669. The third kappa shape index (κ3) is 3.25. The van der Waals surface area contributed by atoms with Crippen LogP contribution in [-0.2, 0) is 6.54 Å². The number of hydrogen-bond donors (Lipinski definition) is 0. The molecule has 0 bridgehead atoms. The Morgan fingerprint density at radius 3 is 2.92 bits per heavy atom. The molecule has 0 aliphatic carbocycles. The van der Waals surface area contributed by atoms with Gasteiger partial charge in [0.25, 0.3) is 11.5 Å². The van der Waals surface area contributed by atoms with Gasteiger partial charge in [-0.2, -0.15) is 5.10 Å². The van der Waals surface area contributed by atoms with Crippen LogP contribution in [0.1, 0.15) is 48.5 Å². The third-order valence-electron chi connectivity index (χ3n) is 4.46. The number of piperidine rings is 1. The molecule has 3 heterocycles. The van der Waals surface area contributed by atoms with Crippen LogP contribution in [0, 0.1) is 6.92 Å². The van der Waals surface area contributed by atoms with Crippen molar-refractivity contribution in [1.29, 1.82) is 0 Å². The van der Waals surface area contributed by atoms with Gasteiger partial charge in [0.15, 0.2) is 0 Å². The number of aryl methyl sites for hydroxylation is 2. The van der Waals surface area contributed by atoms with Crippen LogP contribution in [0.2, 0.25) is 0 Å². The number of carbonyl (C=O) groups is 1. The third-order valence-corrected chi connectivity index (χ3v) is 4.46. The van der Waals surface area contributed by atoms with Gasteiger partial charge in [-0.1, -0.05) is 6.92 Å². The lowest BCUT2D eigenvalue weighted by atomic mass is 10.0. The Morgan fingerprint density at radius 2 is 2.21 bits per heavy atom. The smallest absolute Gasteiger partial charge is 0.274 e. The van der Waals surface area contributed by atoms with Crippen LogP contribution in [0.5, 0.6) is 0 Å². The van der Waals surface area contributed by atoms with Gasteiger partial charge < -0.3 is 9.47 Å². The van der Waals surface area contributed by atoms with E-state index in [0.29, 0.717) is 18.8 Å². The lowest BCUT2D eigenvalue weighted by Gasteiger charge is -2.33. The van der Waals surface area contributed by atoms with E-state index >= 15 is 0 Å². The molecule has 2 aromatic heterocycles. The Kier molecular flexibility index (Phi) is 4.78. The van der Waals surface area contributed by atoms with Gasteiger partial charge in [0.1, 0.15) is 11.5 Å². The zero-order chi connectivity index (χ0) is 17.1. The van der Waals surface area contributed by atoms with Crippen molar-refractivity contribution in [3.8, 4) is 0 Å². The summed E-state index contributed by atoms with van der Waals surface area (Å²) >= 11 is 0. The second-order valence-electron chi connectivity index (χ2n) is 6.21. The maximum Gasteiger partial charge on any atom is 0.274 e. The van der Waals surface area contributed by atoms with Crippen LogP contribution in [0.15, 0.2) is 29.3 Å². The molecule has 0 N–H and O–H groups in total. The summed E-state index contributed by atoms with van der Waals surface area (Å²) in [6.07, 6.45) is 6.54. The number of likely N-dealkylation sites (tertiary alicyclic amines) is 1. The van der Waals surface area contributed by atoms with Crippen molar-refractivity contribution in [2.24, 2.45) is 0 Å². The summed E-state index contributed by atoms with van der Waals surface area (Å²) in [6, 6.07) is 3.20. The van der Waals surface area contributed by atoms with E-state index in [1.54, 1.807) is 6.20 Å². The number of imidazole rings is 1. The van der Waals surface area contributed by atoms with E-state index in [4.69, 9.17) is 0 Å². The highest BCUT2D eigenvalue weighted by molar-refractivity contribution is 5.92. The fourth-order valence-electron chi connectivity index (χ4n) is 3.24. The first kappa shape index (κ1) is 16.4. The summed E-state index contributed by atoms with van der Waals surface area (Å²) in [4.78, 5) is 30.7. The maximum atomic E-state index is 12.8. The van der Waals surface area contributed by atoms with Crippen molar-refractivity contribution in [3.63, 3.8) is 0 Å². The van der Waals surface area contributed by atoms with Gasteiger partial charge in [-0.05, 0) is 32.3 Å². The van der Waals surface area contributed by atoms with E-state index in [2.05, 4.69) is 14.6 Å². The average molecular weight is 329 g/mol. The predicted molar refractivity (Wildman–Crippen MR) is 89.9 cm³/mol. The molecular weight excluding hydrogens is 306 g/mol. The first-order valence-corrected chi connectivity index (χ1v) is 8.47. The molecule has 0 saturated carbocycles. The Balaban J connectivity index is 1.78. The highest BCUT2D eigenvalue weighted by atomic mass is 16.2. The fourth-order valence-corrected chi connectivity index (χ4v) is 3.24. The van der Waals surface area contributed by atoms with Gasteiger partial charge in [-0.15, -0.1) is 0 Å². The first-order valence-electron chi connectivity index (χ1n) is 8.47. The fraction of sp³-hybridized carbons (Fsp3) is 0.529. The molecule has 0 aromatic carbocycles. The molecule has 1 atom stereocenters. The van der Waals surface area contributed by atoms with Gasteiger partial charge in [0.2, 0.25) is 0 Å². The summed E-state index contributed by atoms with van der Waals surface area (Å²) in [5.41, 5.74) is 0.171. The average Bonchev–Trinajstić information content (AvgIpc) is 3.02. The Labute approximate surface area is 140 Å². The minimum atomic E-state index is -0.168. The topological polar surface area (TPSA) is 73.0 Å². The van der Waals surface area contributed by atoms with E-state index < -0.39 is 0 Å². The van der Waals surface area contributed by atoms with Crippen LogP contribution < -0.4 is 5.56 Å². The number of amides is 1. The minimum Gasteiger partial charge on any atom is -0.335 e. The molecule has 128 valence electrons. The predicted octanol–water partition coefficient (Wildman–Crippen LogP) is 1.64. The molecular formula is C17H23N5O2. The molecule has 1 aliphatic heterocycles. The highest BCUT2D eigenvalue weighted by Crippen LogP contribution is 2.23. The minimum absolute atomic E-state index is 0.109. The molecule has 24 heavy (non-hydrogen) atoms. The van der Waals surface area contributed by atoms with Gasteiger partial charge in [0, 0.05) is 38.1 Å². The van der Waals surface area contributed by atoms with E-state index in [0.717, 1.165) is 31.6 Å². The zero-order valence-corrected chi connectivity index (χ0v) is 14.2. The monoisotopic (exact) mass is 329 g/mol. The standard InChI is InChI=1S/C17H23N5O2/c1-3-9-22-16(23)7-6-15(19-22)17(24)20-10-4-5-14(12-20)21-11-8-18-13(21)2/h6-8,11,14H,3-5,9-10,12H2,1-2H3/t14-/m0/s1. The molecule has 0 spiro atoms. The number of hydrogen-bond acceptors (Lipinski definition) is 4. The quantitative estimate of drug-likeness (QED) is 0.855. The van der Waals surface area contributed by atoms with Crippen molar-refractivity contribution in [2.75, 3.05) is 13.1 Å². The number of carbonyl (C=O) groups excluding carboxylic acids is 1. The summed E-state index contributed by atoms with van der Waals surface area (Å²) in [7, 11) is 0. The number of nitrogens with zero attached hydrogens (tertiary/aromatic N) is 5. The molecule has 2 aromatic rings. The van der Waals surface area contributed by atoms with Crippen LogP contribution in [0.4, 0.5) is 0 Å². The number of rotatable bonds is 4. The lowest BCUT2D eigenvalue weighted by Crippen LogP contribution is -2.41. The second kappa shape index (κ2) is 6.98. The molecule has 1 aliphatic rings. The zero-order valence-electron chi connectivity index (χ0n) is 14.2. The summed E-state index contributed by atoms with van der Waals surface area (Å²) in [5, 5.41) is 4.24. The van der Waals surface area contributed by atoms with Gasteiger partial charge in [0.05, 0.1) is 6.04 Å². The van der Waals surface area contributed by atoms with Crippen molar-refractivity contribution >= 4 is 5.91 Å².